The third kappa shape index (κ3) is 2.72. The normalized spacial score (nSPS) is 10.5. The lowest BCUT2D eigenvalue weighted by atomic mass is 10.0. The van der Waals surface area contributed by atoms with Gasteiger partial charge in [0.1, 0.15) is 0 Å². The van der Waals surface area contributed by atoms with Crippen LogP contribution in [-0.4, -0.2) is 11.1 Å². The molecule has 0 amide bonds. The Morgan fingerprint density at radius 1 is 0.857 bits per heavy atom. The number of carboxylic acids is 1. The van der Waals surface area contributed by atoms with E-state index in [0.29, 0.717) is 12.1 Å². The maximum absolute atomic E-state index is 11.3. The molecule has 0 aromatic heterocycles. The second-order valence-corrected chi connectivity index (χ2v) is 4.85. The van der Waals surface area contributed by atoms with E-state index >= 15 is 0 Å². The Labute approximate surface area is 122 Å². The number of carbonyl (C=O) groups is 1. The monoisotopic (exact) mass is 277 g/mol. The largest absolute Gasteiger partial charge is 0.478 e. The van der Waals surface area contributed by atoms with Crippen LogP contribution >= 0.6 is 0 Å². The van der Waals surface area contributed by atoms with Gasteiger partial charge in [0.15, 0.2) is 0 Å². The summed E-state index contributed by atoms with van der Waals surface area (Å²) in [6.45, 7) is 0.706. The van der Waals surface area contributed by atoms with Crippen LogP contribution in [0.15, 0.2) is 66.7 Å². The van der Waals surface area contributed by atoms with Gasteiger partial charge in [-0.05, 0) is 23.1 Å². The Morgan fingerprint density at radius 3 is 2.24 bits per heavy atom. The van der Waals surface area contributed by atoms with Crippen molar-refractivity contribution < 1.29 is 9.90 Å². The lowest BCUT2D eigenvalue weighted by molar-refractivity contribution is 0.0699. The van der Waals surface area contributed by atoms with Gasteiger partial charge < -0.3 is 10.4 Å². The number of benzene rings is 3. The number of nitrogens with one attached hydrogen (secondary N) is 1. The molecule has 0 unspecified atom stereocenters. The first-order valence-corrected chi connectivity index (χ1v) is 6.78. The first-order valence-electron chi connectivity index (χ1n) is 6.78. The Hall–Kier alpha value is -2.81. The Bertz CT molecular complexity index is 782. The second kappa shape index (κ2) is 5.67. The number of anilines is 1. The first kappa shape index (κ1) is 13.2. The standard InChI is InChI=1S/C18H15NO2/c20-18(21)16-10-11-17(15-9-5-4-8-14(15)16)19-12-13-6-2-1-3-7-13/h1-11,19H,12H2,(H,20,21). The fourth-order valence-corrected chi connectivity index (χ4v) is 2.43. The fourth-order valence-electron chi connectivity index (χ4n) is 2.43. The molecule has 3 aromatic carbocycles. The summed E-state index contributed by atoms with van der Waals surface area (Å²) in [6, 6.07) is 21.1. The van der Waals surface area contributed by atoms with Gasteiger partial charge in [0, 0.05) is 17.6 Å². The van der Waals surface area contributed by atoms with Crippen molar-refractivity contribution in [1.29, 1.82) is 0 Å². The molecule has 3 heteroatoms. The van der Waals surface area contributed by atoms with Crippen LogP contribution in [0.5, 0.6) is 0 Å². The van der Waals surface area contributed by atoms with E-state index in [0.717, 1.165) is 16.5 Å². The minimum atomic E-state index is -0.902. The summed E-state index contributed by atoms with van der Waals surface area (Å²) < 4.78 is 0. The highest BCUT2D eigenvalue weighted by Gasteiger charge is 2.10. The smallest absolute Gasteiger partial charge is 0.336 e. The molecule has 0 aliphatic heterocycles. The van der Waals surface area contributed by atoms with Gasteiger partial charge in [-0.25, -0.2) is 4.79 Å². The minimum absolute atomic E-state index is 0.330. The Balaban J connectivity index is 1.96. The summed E-state index contributed by atoms with van der Waals surface area (Å²) in [5.41, 5.74) is 2.46. The summed E-state index contributed by atoms with van der Waals surface area (Å²) in [5, 5.41) is 14.3. The zero-order valence-corrected chi connectivity index (χ0v) is 11.4. The van der Waals surface area contributed by atoms with Crippen LogP contribution in [0.2, 0.25) is 0 Å². The average Bonchev–Trinajstić information content (AvgIpc) is 2.53. The molecule has 0 aliphatic carbocycles. The molecule has 104 valence electrons. The fraction of sp³-hybridized carbons (Fsp3) is 0.0556. The Morgan fingerprint density at radius 2 is 1.52 bits per heavy atom. The van der Waals surface area contributed by atoms with Crippen LogP contribution in [0.1, 0.15) is 15.9 Å². The zero-order chi connectivity index (χ0) is 14.7. The highest BCUT2D eigenvalue weighted by molar-refractivity contribution is 6.07. The summed E-state index contributed by atoms with van der Waals surface area (Å²) >= 11 is 0. The molecular weight excluding hydrogens is 262 g/mol. The highest BCUT2D eigenvalue weighted by Crippen LogP contribution is 2.27. The van der Waals surface area contributed by atoms with Crippen LogP contribution in [0.4, 0.5) is 5.69 Å². The summed E-state index contributed by atoms with van der Waals surface area (Å²) in [6.07, 6.45) is 0. The maximum Gasteiger partial charge on any atom is 0.336 e. The Kier molecular flexibility index (Phi) is 3.56. The molecule has 0 fully saturated rings. The number of rotatable bonds is 4. The maximum atomic E-state index is 11.3. The first-order chi connectivity index (χ1) is 10.3. The number of hydrogen-bond donors (Lipinski definition) is 2. The van der Waals surface area contributed by atoms with Gasteiger partial charge in [-0.15, -0.1) is 0 Å². The molecule has 2 N–H and O–H groups in total. The van der Waals surface area contributed by atoms with Gasteiger partial charge in [-0.3, -0.25) is 0 Å². The molecule has 21 heavy (non-hydrogen) atoms. The summed E-state index contributed by atoms with van der Waals surface area (Å²) in [7, 11) is 0. The van der Waals surface area contributed by atoms with E-state index in [1.807, 2.05) is 48.5 Å². The SMILES string of the molecule is O=C(O)c1ccc(NCc2ccccc2)c2ccccc12. The molecule has 0 spiro atoms. The van der Waals surface area contributed by atoms with Gasteiger partial charge in [0.25, 0.3) is 0 Å². The van der Waals surface area contributed by atoms with Crippen molar-refractivity contribution in [1.82, 2.24) is 0 Å². The van der Waals surface area contributed by atoms with Crippen molar-refractivity contribution in [2.75, 3.05) is 5.32 Å². The molecule has 0 heterocycles. The van der Waals surface area contributed by atoms with E-state index in [2.05, 4.69) is 17.4 Å². The van der Waals surface area contributed by atoms with E-state index < -0.39 is 5.97 Å². The molecule has 0 saturated heterocycles. The molecular formula is C18H15NO2. The van der Waals surface area contributed by atoms with E-state index in [-0.39, 0.29) is 0 Å². The number of aromatic carboxylic acids is 1. The molecule has 0 aliphatic rings. The molecule has 3 aromatic rings. The van der Waals surface area contributed by atoms with Crippen molar-refractivity contribution in [2.24, 2.45) is 0 Å². The third-order valence-electron chi connectivity index (χ3n) is 3.48. The molecule has 3 rings (SSSR count). The van der Waals surface area contributed by atoms with Gasteiger partial charge in [0.05, 0.1) is 5.56 Å². The molecule has 0 saturated carbocycles. The van der Waals surface area contributed by atoms with Gasteiger partial charge in [-0.2, -0.15) is 0 Å². The van der Waals surface area contributed by atoms with Crippen LogP contribution in [-0.2, 0) is 6.54 Å². The summed E-state index contributed by atoms with van der Waals surface area (Å²) in [4.78, 5) is 11.3. The van der Waals surface area contributed by atoms with Crippen LogP contribution in [0, 0.1) is 0 Å². The van der Waals surface area contributed by atoms with Crippen molar-refractivity contribution in [2.45, 2.75) is 6.54 Å². The minimum Gasteiger partial charge on any atom is -0.478 e. The predicted molar refractivity (Wildman–Crippen MR) is 84.7 cm³/mol. The van der Waals surface area contributed by atoms with E-state index in [9.17, 15) is 9.90 Å². The van der Waals surface area contributed by atoms with Crippen LogP contribution in [0.3, 0.4) is 0 Å². The average molecular weight is 277 g/mol. The number of hydrogen-bond acceptors (Lipinski definition) is 2. The van der Waals surface area contributed by atoms with Crippen molar-refractivity contribution >= 4 is 22.4 Å². The van der Waals surface area contributed by atoms with Crippen molar-refractivity contribution in [3.8, 4) is 0 Å². The van der Waals surface area contributed by atoms with Crippen molar-refractivity contribution in [3.05, 3.63) is 77.9 Å². The predicted octanol–water partition coefficient (Wildman–Crippen LogP) is 4.15. The number of fused-ring (bicyclic) bond motifs is 1. The lowest BCUT2D eigenvalue weighted by Gasteiger charge is -2.11. The summed E-state index contributed by atoms with van der Waals surface area (Å²) in [5.74, 6) is -0.902. The molecule has 0 radical (unpaired) electrons. The van der Waals surface area contributed by atoms with Crippen LogP contribution in [0.25, 0.3) is 10.8 Å². The number of carboxylic acid groups (broad SMARTS) is 1. The van der Waals surface area contributed by atoms with E-state index in [1.54, 1.807) is 6.07 Å². The zero-order valence-electron chi connectivity index (χ0n) is 11.4. The van der Waals surface area contributed by atoms with E-state index in [4.69, 9.17) is 0 Å². The highest BCUT2D eigenvalue weighted by atomic mass is 16.4. The lowest BCUT2D eigenvalue weighted by Crippen LogP contribution is -2.02. The van der Waals surface area contributed by atoms with Gasteiger partial charge in [0.2, 0.25) is 0 Å². The van der Waals surface area contributed by atoms with Gasteiger partial charge in [-0.1, -0.05) is 54.6 Å². The second-order valence-electron chi connectivity index (χ2n) is 4.85. The van der Waals surface area contributed by atoms with Crippen LogP contribution < -0.4 is 5.32 Å². The van der Waals surface area contributed by atoms with E-state index in [1.165, 1.54) is 5.56 Å². The quantitative estimate of drug-likeness (QED) is 0.753. The topological polar surface area (TPSA) is 49.3 Å². The van der Waals surface area contributed by atoms with Gasteiger partial charge >= 0.3 is 5.97 Å². The molecule has 3 nitrogen and oxygen atoms in total. The third-order valence-corrected chi connectivity index (χ3v) is 3.48. The molecule has 0 atom stereocenters. The molecule has 0 bridgehead atoms. The van der Waals surface area contributed by atoms with Crippen molar-refractivity contribution in [3.63, 3.8) is 0 Å².